The number of amides is 1. The molecule has 1 rings (SSSR count). The van der Waals surface area contributed by atoms with Crippen LogP contribution in [0.1, 0.15) is 38.7 Å². The van der Waals surface area contributed by atoms with Gasteiger partial charge in [0.05, 0.1) is 5.56 Å². The molecule has 6 heteroatoms. The Labute approximate surface area is 121 Å². The highest BCUT2D eigenvalue weighted by molar-refractivity contribution is 5.90. The van der Waals surface area contributed by atoms with E-state index < -0.39 is 11.7 Å². The van der Waals surface area contributed by atoms with Crippen LogP contribution in [0, 0.1) is 5.92 Å². The third-order valence-corrected chi connectivity index (χ3v) is 3.23. The summed E-state index contributed by atoms with van der Waals surface area (Å²) < 4.78 is 37.1. The number of ketones is 1. The van der Waals surface area contributed by atoms with Gasteiger partial charge in [0.1, 0.15) is 5.78 Å². The van der Waals surface area contributed by atoms with Gasteiger partial charge in [-0.15, -0.1) is 0 Å². The molecule has 0 spiro atoms. The minimum atomic E-state index is -4.38. The maximum atomic E-state index is 12.4. The molecule has 1 aromatic rings. The van der Waals surface area contributed by atoms with E-state index in [9.17, 15) is 22.8 Å². The van der Waals surface area contributed by atoms with Crippen molar-refractivity contribution in [3.05, 3.63) is 29.8 Å². The SMILES string of the molecule is CC(=O)C(C)CCCC(=O)Nc1ccc(C(F)(F)F)cc1. The van der Waals surface area contributed by atoms with Gasteiger partial charge in [0.15, 0.2) is 0 Å². The number of Topliss-reactive ketones (excluding diaryl/α,β-unsaturated/α-hetero) is 1. The van der Waals surface area contributed by atoms with Crippen LogP contribution < -0.4 is 5.32 Å². The van der Waals surface area contributed by atoms with Gasteiger partial charge in [0, 0.05) is 18.0 Å². The molecule has 0 fully saturated rings. The van der Waals surface area contributed by atoms with E-state index in [1.807, 2.05) is 0 Å². The summed E-state index contributed by atoms with van der Waals surface area (Å²) in [7, 11) is 0. The minimum Gasteiger partial charge on any atom is -0.326 e. The van der Waals surface area contributed by atoms with Crippen molar-refractivity contribution in [2.45, 2.75) is 39.3 Å². The van der Waals surface area contributed by atoms with Crippen molar-refractivity contribution in [2.24, 2.45) is 5.92 Å². The fraction of sp³-hybridized carbons (Fsp3) is 0.467. The number of rotatable bonds is 6. The number of halogens is 3. The molecule has 0 aromatic heterocycles. The van der Waals surface area contributed by atoms with Gasteiger partial charge in [-0.05, 0) is 44.0 Å². The molecule has 1 aromatic carbocycles. The zero-order chi connectivity index (χ0) is 16.0. The molecule has 1 amide bonds. The summed E-state index contributed by atoms with van der Waals surface area (Å²) in [5.74, 6) is -0.271. The molecule has 0 aliphatic rings. The van der Waals surface area contributed by atoms with Gasteiger partial charge < -0.3 is 5.32 Å². The van der Waals surface area contributed by atoms with Crippen molar-refractivity contribution in [1.29, 1.82) is 0 Å². The number of nitrogens with one attached hydrogen (secondary N) is 1. The van der Waals surface area contributed by atoms with E-state index in [0.29, 0.717) is 18.5 Å². The van der Waals surface area contributed by atoms with Gasteiger partial charge >= 0.3 is 6.18 Å². The topological polar surface area (TPSA) is 46.2 Å². The van der Waals surface area contributed by atoms with Crippen molar-refractivity contribution >= 4 is 17.4 Å². The Bertz CT molecular complexity index is 495. The number of benzene rings is 1. The standard InChI is InChI=1S/C15H18F3NO2/c1-10(11(2)20)4-3-5-14(21)19-13-8-6-12(7-9-13)15(16,17)18/h6-10H,3-5H2,1-2H3,(H,19,21). The summed E-state index contributed by atoms with van der Waals surface area (Å²) in [4.78, 5) is 22.7. The summed E-state index contributed by atoms with van der Waals surface area (Å²) >= 11 is 0. The Kier molecular flexibility index (Phi) is 5.93. The minimum absolute atomic E-state index is 0.0798. The van der Waals surface area contributed by atoms with Crippen LogP contribution in [0.15, 0.2) is 24.3 Å². The average molecular weight is 301 g/mol. The second-order valence-corrected chi connectivity index (χ2v) is 5.03. The normalized spacial score (nSPS) is 12.8. The number of carbonyl (C=O) groups is 2. The molecule has 21 heavy (non-hydrogen) atoms. The molecule has 3 nitrogen and oxygen atoms in total. The largest absolute Gasteiger partial charge is 0.416 e. The highest BCUT2D eigenvalue weighted by Gasteiger charge is 2.29. The van der Waals surface area contributed by atoms with Gasteiger partial charge in [-0.2, -0.15) is 13.2 Å². The molecule has 0 heterocycles. The lowest BCUT2D eigenvalue weighted by molar-refractivity contribution is -0.137. The zero-order valence-electron chi connectivity index (χ0n) is 12.0. The quantitative estimate of drug-likeness (QED) is 0.862. The summed E-state index contributed by atoms with van der Waals surface area (Å²) in [5, 5.41) is 2.53. The zero-order valence-corrected chi connectivity index (χ0v) is 12.0. The van der Waals surface area contributed by atoms with Gasteiger partial charge in [-0.25, -0.2) is 0 Å². The van der Waals surface area contributed by atoms with Gasteiger partial charge in [-0.1, -0.05) is 6.92 Å². The first kappa shape index (κ1) is 17.2. The summed E-state index contributed by atoms with van der Waals surface area (Å²) in [6.07, 6.45) is -2.97. The molecule has 0 saturated carbocycles. The van der Waals surface area contributed by atoms with Crippen molar-refractivity contribution in [1.82, 2.24) is 0 Å². The molecule has 0 saturated heterocycles. The van der Waals surface area contributed by atoms with Crippen LogP contribution in [-0.4, -0.2) is 11.7 Å². The lowest BCUT2D eigenvalue weighted by Crippen LogP contribution is -2.13. The van der Waals surface area contributed by atoms with Crippen molar-refractivity contribution < 1.29 is 22.8 Å². The number of anilines is 1. The first-order chi connectivity index (χ1) is 9.70. The van der Waals surface area contributed by atoms with Crippen molar-refractivity contribution in [2.75, 3.05) is 5.32 Å². The monoisotopic (exact) mass is 301 g/mol. The van der Waals surface area contributed by atoms with Crippen LogP contribution in [0.4, 0.5) is 18.9 Å². The Morgan fingerprint density at radius 3 is 2.24 bits per heavy atom. The van der Waals surface area contributed by atoms with Crippen LogP contribution >= 0.6 is 0 Å². The molecule has 116 valence electrons. The van der Waals surface area contributed by atoms with E-state index >= 15 is 0 Å². The predicted octanol–water partition coefficient (Wildman–Crippen LogP) is 4.04. The average Bonchev–Trinajstić information content (AvgIpc) is 2.38. The van der Waals surface area contributed by atoms with E-state index in [0.717, 1.165) is 12.1 Å². The molecule has 0 aliphatic heterocycles. The number of alkyl halides is 3. The molecule has 0 aliphatic carbocycles. The Morgan fingerprint density at radius 2 is 1.76 bits per heavy atom. The molecule has 1 N–H and O–H groups in total. The highest BCUT2D eigenvalue weighted by Crippen LogP contribution is 2.29. The lowest BCUT2D eigenvalue weighted by Gasteiger charge is -2.09. The lowest BCUT2D eigenvalue weighted by atomic mass is 10.0. The molecule has 0 bridgehead atoms. The second-order valence-electron chi connectivity index (χ2n) is 5.03. The molecule has 1 atom stereocenters. The Morgan fingerprint density at radius 1 is 1.19 bits per heavy atom. The fourth-order valence-electron chi connectivity index (χ4n) is 1.74. The Hall–Kier alpha value is -1.85. The van der Waals surface area contributed by atoms with Gasteiger partial charge in [0.25, 0.3) is 0 Å². The maximum absolute atomic E-state index is 12.4. The molecular formula is C15H18F3NO2. The third-order valence-electron chi connectivity index (χ3n) is 3.23. The van der Waals surface area contributed by atoms with Crippen molar-refractivity contribution in [3.8, 4) is 0 Å². The van der Waals surface area contributed by atoms with Crippen LogP contribution in [0.2, 0.25) is 0 Å². The van der Waals surface area contributed by atoms with Gasteiger partial charge in [-0.3, -0.25) is 9.59 Å². The summed E-state index contributed by atoms with van der Waals surface area (Å²) in [6.45, 7) is 3.31. The molecular weight excluding hydrogens is 283 g/mol. The summed E-state index contributed by atoms with van der Waals surface area (Å²) in [6, 6.07) is 4.29. The fourth-order valence-corrected chi connectivity index (χ4v) is 1.74. The smallest absolute Gasteiger partial charge is 0.326 e. The van der Waals surface area contributed by atoms with E-state index in [1.54, 1.807) is 6.92 Å². The predicted molar refractivity (Wildman–Crippen MR) is 73.8 cm³/mol. The highest BCUT2D eigenvalue weighted by atomic mass is 19.4. The summed E-state index contributed by atoms with van der Waals surface area (Å²) in [5.41, 5.74) is -0.427. The third kappa shape index (κ3) is 5.97. The van der Waals surface area contributed by atoms with Crippen LogP contribution in [-0.2, 0) is 15.8 Å². The number of hydrogen-bond acceptors (Lipinski definition) is 2. The van der Waals surface area contributed by atoms with E-state index in [4.69, 9.17) is 0 Å². The molecule has 1 unspecified atom stereocenters. The molecule has 0 radical (unpaired) electrons. The van der Waals surface area contributed by atoms with Crippen LogP contribution in [0.3, 0.4) is 0 Å². The maximum Gasteiger partial charge on any atom is 0.416 e. The first-order valence-corrected chi connectivity index (χ1v) is 6.67. The Balaban J connectivity index is 2.43. The first-order valence-electron chi connectivity index (χ1n) is 6.67. The second kappa shape index (κ2) is 7.24. The number of hydrogen-bond donors (Lipinski definition) is 1. The van der Waals surface area contributed by atoms with Gasteiger partial charge in [0.2, 0.25) is 5.91 Å². The van der Waals surface area contributed by atoms with Crippen LogP contribution in [0.25, 0.3) is 0 Å². The van der Waals surface area contributed by atoms with E-state index in [-0.39, 0.29) is 24.0 Å². The number of carbonyl (C=O) groups excluding carboxylic acids is 2. The van der Waals surface area contributed by atoms with Crippen LogP contribution in [0.5, 0.6) is 0 Å². The van der Waals surface area contributed by atoms with E-state index in [2.05, 4.69) is 5.32 Å². The van der Waals surface area contributed by atoms with Crippen molar-refractivity contribution in [3.63, 3.8) is 0 Å². The van der Waals surface area contributed by atoms with E-state index in [1.165, 1.54) is 19.1 Å².